The number of para-hydroxylation sites is 1. The summed E-state index contributed by atoms with van der Waals surface area (Å²) in [7, 11) is 0. The highest BCUT2D eigenvalue weighted by molar-refractivity contribution is 6.00. The molecule has 1 atom stereocenters. The first-order valence-corrected chi connectivity index (χ1v) is 7.61. The fourth-order valence-electron chi connectivity index (χ4n) is 3.14. The number of nitrogens with one attached hydrogen (secondary N) is 1. The Hall–Kier alpha value is -2.67. The number of benzene rings is 1. The first kappa shape index (κ1) is 14.0. The molecule has 0 bridgehead atoms. The summed E-state index contributed by atoms with van der Waals surface area (Å²) < 4.78 is 1.57. The van der Waals surface area contributed by atoms with Crippen LogP contribution in [0.15, 0.2) is 35.3 Å². The molecule has 2 aromatic heterocycles. The Morgan fingerprint density at radius 3 is 3.00 bits per heavy atom. The molecule has 4 rings (SSSR count). The molecule has 7 heteroatoms. The number of aliphatic hydroxyl groups is 1. The van der Waals surface area contributed by atoms with Gasteiger partial charge in [-0.25, -0.2) is 4.52 Å². The molecular weight excluding hydrogens is 296 g/mol. The minimum Gasteiger partial charge on any atom is -0.391 e. The maximum Gasteiger partial charge on any atom is 0.259 e. The lowest BCUT2D eigenvalue weighted by Crippen LogP contribution is -2.42. The normalized spacial score (nSPS) is 18.7. The van der Waals surface area contributed by atoms with Crippen LogP contribution in [0, 0.1) is 0 Å². The smallest absolute Gasteiger partial charge is 0.259 e. The van der Waals surface area contributed by atoms with E-state index in [4.69, 9.17) is 0 Å². The molecule has 0 spiro atoms. The highest BCUT2D eigenvalue weighted by Gasteiger charge is 2.26. The Bertz CT molecular complexity index is 959. The van der Waals surface area contributed by atoms with Crippen LogP contribution in [0.3, 0.4) is 0 Å². The minimum atomic E-state index is -0.491. The molecule has 1 unspecified atom stereocenters. The van der Waals surface area contributed by atoms with Crippen molar-refractivity contribution in [3.63, 3.8) is 0 Å². The van der Waals surface area contributed by atoms with Gasteiger partial charge in [0.2, 0.25) is 0 Å². The van der Waals surface area contributed by atoms with E-state index in [1.807, 2.05) is 6.07 Å². The summed E-state index contributed by atoms with van der Waals surface area (Å²) in [5.74, 6) is -0.218. The van der Waals surface area contributed by atoms with Crippen molar-refractivity contribution < 1.29 is 9.90 Å². The van der Waals surface area contributed by atoms with E-state index in [1.54, 1.807) is 27.6 Å². The summed E-state index contributed by atoms with van der Waals surface area (Å²) in [5, 5.41) is 14.5. The first-order chi connectivity index (χ1) is 11.1. The van der Waals surface area contributed by atoms with Crippen molar-refractivity contribution in [1.29, 1.82) is 0 Å². The molecule has 1 aliphatic heterocycles. The third kappa shape index (κ3) is 2.20. The SMILES string of the molecule is O=C(c1cnn2c1[nH]c(=O)c1ccccc12)N1CCCC(O)C1. The molecule has 1 aromatic carbocycles. The average Bonchev–Trinajstić information content (AvgIpc) is 2.98. The van der Waals surface area contributed by atoms with Gasteiger partial charge in [0.1, 0.15) is 11.2 Å². The van der Waals surface area contributed by atoms with Crippen LogP contribution in [0.4, 0.5) is 0 Å². The molecule has 23 heavy (non-hydrogen) atoms. The van der Waals surface area contributed by atoms with Crippen LogP contribution in [0.2, 0.25) is 0 Å². The largest absolute Gasteiger partial charge is 0.391 e. The van der Waals surface area contributed by atoms with Crippen molar-refractivity contribution in [3.05, 3.63) is 46.4 Å². The van der Waals surface area contributed by atoms with Gasteiger partial charge >= 0.3 is 0 Å². The number of hydrogen-bond donors (Lipinski definition) is 2. The Morgan fingerprint density at radius 1 is 1.35 bits per heavy atom. The summed E-state index contributed by atoms with van der Waals surface area (Å²) in [6, 6.07) is 7.13. The van der Waals surface area contributed by atoms with Crippen LogP contribution < -0.4 is 5.56 Å². The molecule has 7 nitrogen and oxygen atoms in total. The summed E-state index contributed by atoms with van der Waals surface area (Å²) >= 11 is 0. The van der Waals surface area contributed by atoms with Gasteiger partial charge in [-0.1, -0.05) is 12.1 Å². The van der Waals surface area contributed by atoms with Gasteiger partial charge in [-0.05, 0) is 25.0 Å². The Labute approximate surface area is 131 Å². The summed E-state index contributed by atoms with van der Waals surface area (Å²) in [5.41, 5.74) is 1.14. The lowest BCUT2D eigenvalue weighted by atomic mass is 10.1. The predicted molar refractivity (Wildman–Crippen MR) is 84.5 cm³/mol. The van der Waals surface area contributed by atoms with Crippen LogP contribution in [-0.2, 0) is 0 Å². The van der Waals surface area contributed by atoms with Gasteiger partial charge < -0.3 is 15.0 Å². The van der Waals surface area contributed by atoms with Crippen LogP contribution in [0.5, 0.6) is 0 Å². The number of nitrogens with zero attached hydrogens (tertiary/aromatic N) is 3. The maximum atomic E-state index is 12.7. The molecule has 2 N–H and O–H groups in total. The van der Waals surface area contributed by atoms with Gasteiger partial charge in [0, 0.05) is 13.1 Å². The molecule has 1 fully saturated rings. The Morgan fingerprint density at radius 2 is 2.17 bits per heavy atom. The Balaban J connectivity index is 1.85. The van der Waals surface area contributed by atoms with Gasteiger partial charge in [-0.2, -0.15) is 5.10 Å². The lowest BCUT2D eigenvalue weighted by Gasteiger charge is -2.29. The van der Waals surface area contributed by atoms with Crippen molar-refractivity contribution in [1.82, 2.24) is 19.5 Å². The molecule has 3 aromatic rings. The number of rotatable bonds is 1. The number of aliphatic hydroxyl groups excluding tert-OH is 1. The van der Waals surface area contributed by atoms with E-state index < -0.39 is 6.10 Å². The van der Waals surface area contributed by atoms with E-state index in [0.717, 1.165) is 6.42 Å². The summed E-state index contributed by atoms with van der Waals surface area (Å²) in [6.07, 6.45) is 2.46. The first-order valence-electron chi connectivity index (χ1n) is 7.61. The summed E-state index contributed by atoms with van der Waals surface area (Å²) in [6.45, 7) is 0.916. The zero-order valence-electron chi connectivity index (χ0n) is 12.4. The average molecular weight is 312 g/mol. The number of carbonyl (C=O) groups excluding carboxylic acids is 1. The van der Waals surface area contributed by atoms with Gasteiger partial charge in [0.05, 0.1) is 23.2 Å². The maximum absolute atomic E-state index is 12.7. The third-order valence-corrected chi connectivity index (χ3v) is 4.29. The van der Waals surface area contributed by atoms with E-state index in [0.29, 0.717) is 41.6 Å². The number of carbonyl (C=O) groups is 1. The molecule has 0 saturated carbocycles. The Kier molecular flexibility index (Phi) is 3.16. The number of likely N-dealkylation sites (tertiary alicyclic amines) is 1. The van der Waals surface area contributed by atoms with Crippen LogP contribution in [0.1, 0.15) is 23.2 Å². The van der Waals surface area contributed by atoms with E-state index in [9.17, 15) is 14.7 Å². The number of piperidine rings is 1. The van der Waals surface area contributed by atoms with Crippen LogP contribution in [-0.4, -0.2) is 49.7 Å². The van der Waals surface area contributed by atoms with Crippen LogP contribution >= 0.6 is 0 Å². The minimum absolute atomic E-state index is 0.218. The number of H-pyrrole nitrogens is 1. The lowest BCUT2D eigenvalue weighted by molar-refractivity contribution is 0.0475. The number of β-amino-alcohol motifs (C(OH)–C–C–N with tert-alkyl or cyclic N) is 1. The molecule has 1 saturated heterocycles. The van der Waals surface area contributed by atoms with Crippen molar-refractivity contribution >= 4 is 22.5 Å². The second-order valence-corrected chi connectivity index (χ2v) is 5.84. The second-order valence-electron chi connectivity index (χ2n) is 5.84. The van der Waals surface area contributed by atoms with E-state index in [1.165, 1.54) is 6.20 Å². The highest BCUT2D eigenvalue weighted by Crippen LogP contribution is 2.18. The predicted octanol–water partition coefficient (Wildman–Crippen LogP) is 0.773. The zero-order valence-corrected chi connectivity index (χ0v) is 12.4. The topological polar surface area (TPSA) is 90.7 Å². The second kappa shape index (κ2) is 5.20. The molecule has 0 aliphatic carbocycles. The van der Waals surface area contributed by atoms with Crippen LogP contribution in [0.25, 0.3) is 16.6 Å². The standard InChI is InChI=1S/C16H16N4O3/c21-10-4-3-7-19(9-10)16(23)12-8-17-20-13-6-2-1-5-11(13)15(22)18-14(12)20/h1-2,5-6,8,10,21H,3-4,7,9H2,(H,18,22). The van der Waals surface area contributed by atoms with Gasteiger partial charge in [0.15, 0.2) is 0 Å². The zero-order chi connectivity index (χ0) is 16.0. The number of aromatic nitrogens is 3. The fraction of sp³-hybridized carbons (Fsp3) is 0.312. The molecule has 1 amide bonds. The molecule has 0 radical (unpaired) electrons. The van der Waals surface area contributed by atoms with Gasteiger partial charge in [0.25, 0.3) is 11.5 Å². The van der Waals surface area contributed by atoms with Gasteiger partial charge in [-0.15, -0.1) is 0 Å². The molecular formula is C16H16N4O3. The highest BCUT2D eigenvalue weighted by atomic mass is 16.3. The quantitative estimate of drug-likeness (QED) is 0.694. The van der Waals surface area contributed by atoms with E-state index in [-0.39, 0.29) is 11.5 Å². The van der Waals surface area contributed by atoms with Crippen molar-refractivity contribution in [2.45, 2.75) is 18.9 Å². The number of amides is 1. The number of hydrogen-bond acceptors (Lipinski definition) is 4. The molecule has 1 aliphatic rings. The molecule has 3 heterocycles. The number of fused-ring (bicyclic) bond motifs is 3. The van der Waals surface area contributed by atoms with E-state index >= 15 is 0 Å². The third-order valence-electron chi connectivity index (χ3n) is 4.29. The van der Waals surface area contributed by atoms with Crippen molar-refractivity contribution in [2.75, 3.05) is 13.1 Å². The number of aromatic amines is 1. The summed E-state index contributed by atoms with van der Waals surface area (Å²) in [4.78, 5) is 29.3. The van der Waals surface area contributed by atoms with Crippen molar-refractivity contribution in [3.8, 4) is 0 Å². The molecule has 118 valence electrons. The monoisotopic (exact) mass is 312 g/mol. The van der Waals surface area contributed by atoms with Crippen molar-refractivity contribution in [2.24, 2.45) is 0 Å². The van der Waals surface area contributed by atoms with Gasteiger partial charge in [-0.3, -0.25) is 9.59 Å². The fourth-order valence-corrected chi connectivity index (χ4v) is 3.14. The van der Waals surface area contributed by atoms with E-state index in [2.05, 4.69) is 10.1 Å².